The summed E-state index contributed by atoms with van der Waals surface area (Å²) >= 11 is 0. The molecule has 1 atom stereocenters. The maximum absolute atomic E-state index is 11.3. The summed E-state index contributed by atoms with van der Waals surface area (Å²) in [6.07, 6.45) is 0.690. The predicted octanol–water partition coefficient (Wildman–Crippen LogP) is -0.220. The van der Waals surface area contributed by atoms with Crippen LogP contribution in [0.15, 0.2) is 10.9 Å². The number of rotatable bonds is 2. The van der Waals surface area contributed by atoms with Crippen LogP contribution in [0, 0.1) is 12.3 Å². The number of aryl methyl sites for hydroxylation is 1. The number of nitrogens with two attached hydrogens (primary N) is 1. The van der Waals surface area contributed by atoms with Crippen molar-refractivity contribution in [2.24, 2.45) is 11.1 Å². The summed E-state index contributed by atoms with van der Waals surface area (Å²) < 4.78 is 0. The van der Waals surface area contributed by atoms with Gasteiger partial charge >= 0.3 is 0 Å². The quantitative estimate of drug-likeness (QED) is 0.742. The van der Waals surface area contributed by atoms with Crippen molar-refractivity contribution in [3.05, 3.63) is 22.2 Å². The first-order valence-corrected chi connectivity index (χ1v) is 5.53. The first kappa shape index (κ1) is 11.6. The van der Waals surface area contributed by atoms with Gasteiger partial charge in [0.05, 0.1) is 5.41 Å². The molecule has 6 heteroatoms. The molecule has 17 heavy (non-hydrogen) atoms. The SMILES string of the molecule is Cc1nc(N2CCC(C)(C(N)=O)C2)cc(=O)[nH]1. The van der Waals surface area contributed by atoms with Gasteiger partial charge in [-0.1, -0.05) is 0 Å². The highest BCUT2D eigenvalue weighted by molar-refractivity contribution is 5.81. The Bertz CT molecular complexity index is 510. The normalized spacial score (nSPS) is 24.0. The maximum Gasteiger partial charge on any atom is 0.252 e. The second kappa shape index (κ2) is 3.87. The Morgan fingerprint density at radius 1 is 1.65 bits per heavy atom. The third-order valence-corrected chi connectivity index (χ3v) is 3.24. The van der Waals surface area contributed by atoms with Crippen LogP contribution < -0.4 is 16.2 Å². The van der Waals surface area contributed by atoms with Crippen molar-refractivity contribution in [1.29, 1.82) is 0 Å². The van der Waals surface area contributed by atoms with Gasteiger partial charge in [0.1, 0.15) is 11.6 Å². The average Bonchev–Trinajstić information content (AvgIpc) is 2.61. The molecule has 1 unspecified atom stereocenters. The van der Waals surface area contributed by atoms with Gasteiger partial charge in [0.15, 0.2) is 0 Å². The van der Waals surface area contributed by atoms with Gasteiger partial charge in [-0.3, -0.25) is 9.59 Å². The summed E-state index contributed by atoms with van der Waals surface area (Å²) in [7, 11) is 0. The zero-order valence-corrected chi connectivity index (χ0v) is 9.99. The molecule has 1 saturated heterocycles. The summed E-state index contributed by atoms with van der Waals surface area (Å²) in [4.78, 5) is 31.5. The molecule has 0 radical (unpaired) electrons. The minimum absolute atomic E-state index is 0.180. The molecule has 1 aliphatic rings. The smallest absolute Gasteiger partial charge is 0.252 e. The van der Waals surface area contributed by atoms with E-state index in [1.165, 1.54) is 6.07 Å². The van der Waals surface area contributed by atoms with Crippen LogP contribution in [0.3, 0.4) is 0 Å². The van der Waals surface area contributed by atoms with E-state index in [0.717, 1.165) is 0 Å². The Labute approximate surface area is 98.8 Å². The van der Waals surface area contributed by atoms with Gasteiger partial charge in [-0.15, -0.1) is 0 Å². The number of carbonyl (C=O) groups is 1. The Hall–Kier alpha value is -1.85. The topological polar surface area (TPSA) is 92.1 Å². The molecule has 1 fully saturated rings. The molecule has 2 heterocycles. The number of nitrogens with zero attached hydrogens (tertiary/aromatic N) is 2. The predicted molar refractivity (Wildman–Crippen MR) is 63.7 cm³/mol. The van der Waals surface area contributed by atoms with Crippen molar-refractivity contribution in [1.82, 2.24) is 9.97 Å². The van der Waals surface area contributed by atoms with E-state index in [-0.39, 0.29) is 11.5 Å². The number of aromatic nitrogens is 2. The van der Waals surface area contributed by atoms with Crippen LogP contribution in [0.25, 0.3) is 0 Å². The highest BCUT2D eigenvalue weighted by Crippen LogP contribution is 2.31. The van der Waals surface area contributed by atoms with E-state index in [1.54, 1.807) is 6.92 Å². The second-order valence-corrected chi connectivity index (χ2v) is 4.79. The van der Waals surface area contributed by atoms with Crippen molar-refractivity contribution >= 4 is 11.7 Å². The standard InChI is InChI=1S/C11H16N4O2/c1-7-13-8(5-9(16)14-7)15-4-3-11(2,6-15)10(12)17/h5H,3-4,6H2,1-2H3,(H2,12,17)(H,13,14,16). The molecule has 0 bridgehead atoms. The van der Waals surface area contributed by atoms with Gasteiger partial charge < -0.3 is 15.6 Å². The minimum atomic E-state index is -0.530. The fourth-order valence-corrected chi connectivity index (χ4v) is 2.08. The van der Waals surface area contributed by atoms with Crippen LogP contribution in [0.5, 0.6) is 0 Å². The largest absolute Gasteiger partial charge is 0.369 e. The number of aromatic amines is 1. The molecule has 1 aliphatic heterocycles. The summed E-state index contributed by atoms with van der Waals surface area (Å²) in [5.41, 5.74) is 4.67. The van der Waals surface area contributed by atoms with Gasteiger partial charge in [-0.25, -0.2) is 4.98 Å². The van der Waals surface area contributed by atoms with Crippen molar-refractivity contribution in [3.8, 4) is 0 Å². The molecule has 0 saturated carbocycles. The lowest BCUT2D eigenvalue weighted by Gasteiger charge is -2.21. The van der Waals surface area contributed by atoms with E-state index < -0.39 is 5.41 Å². The number of primary amides is 1. The molecule has 0 aromatic carbocycles. The summed E-state index contributed by atoms with van der Waals surface area (Å²) in [6.45, 7) is 4.77. The van der Waals surface area contributed by atoms with E-state index in [9.17, 15) is 9.59 Å². The first-order valence-electron chi connectivity index (χ1n) is 5.53. The highest BCUT2D eigenvalue weighted by Gasteiger charge is 2.39. The zero-order valence-electron chi connectivity index (χ0n) is 9.99. The van der Waals surface area contributed by atoms with Crippen LogP contribution in [0.1, 0.15) is 19.2 Å². The fourth-order valence-electron chi connectivity index (χ4n) is 2.08. The monoisotopic (exact) mass is 236 g/mol. The van der Waals surface area contributed by atoms with E-state index >= 15 is 0 Å². The Balaban J connectivity index is 2.26. The molecular formula is C11H16N4O2. The summed E-state index contributed by atoms with van der Waals surface area (Å²) in [5, 5.41) is 0. The van der Waals surface area contributed by atoms with Gasteiger partial charge in [-0.05, 0) is 20.3 Å². The van der Waals surface area contributed by atoms with Gasteiger partial charge in [-0.2, -0.15) is 0 Å². The van der Waals surface area contributed by atoms with Crippen molar-refractivity contribution in [3.63, 3.8) is 0 Å². The zero-order chi connectivity index (χ0) is 12.6. The van der Waals surface area contributed by atoms with E-state index in [0.29, 0.717) is 31.2 Å². The number of H-pyrrole nitrogens is 1. The first-order chi connectivity index (χ1) is 7.90. The number of hydrogen-bond acceptors (Lipinski definition) is 4. The maximum atomic E-state index is 11.3. The highest BCUT2D eigenvalue weighted by atomic mass is 16.1. The lowest BCUT2D eigenvalue weighted by Crippen LogP contribution is -2.37. The van der Waals surface area contributed by atoms with Gasteiger partial charge in [0.2, 0.25) is 5.91 Å². The molecule has 1 aromatic heterocycles. The van der Waals surface area contributed by atoms with Crippen LogP contribution in [0.2, 0.25) is 0 Å². The molecule has 3 N–H and O–H groups in total. The third-order valence-electron chi connectivity index (χ3n) is 3.24. The van der Waals surface area contributed by atoms with Crippen LogP contribution >= 0.6 is 0 Å². The summed E-state index contributed by atoms with van der Waals surface area (Å²) in [6, 6.07) is 1.44. The molecule has 92 valence electrons. The molecule has 2 rings (SSSR count). The molecule has 0 aliphatic carbocycles. The van der Waals surface area contributed by atoms with Crippen LogP contribution in [-0.2, 0) is 4.79 Å². The van der Waals surface area contributed by atoms with E-state index in [2.05, 4.69) is 9.97 Å². The number of amides is 1. The molecule has 0 spiro atoms. The van der Waals surface area contributed by atoms with Gasteiger partial charge in [0.25, 0.3) is 5.56 Å². The summed E-state index contributed by atoms with van der Waals surface area (Å²) in [5.74, 6) is 0.873. The van der Waals surface area contributed by atoms with Crippen molar-refractivity contribution in [2.75, 3.05) is 18.0 Å². The van der Waals surface area contributed by atoms with Crippen molar-refractivity contribution in [2.45, 2.75) is 20.3 Å². The van der Waals surface area contributed by atoms with Crippen LogP contribution in [0.4, 0.5) is 5.82 Å². The lowest BCUT2D eigenvalue weighted by molar-refractivity contribution is -0.125. The van der Waals surface area contributed by atoms with E-state index in [4.69, 9.17) is 5.73 Å². The molecular weight excluding hydrogens is 220 g/mol. The van der Waals surface area contributed by atoms with E-state index in [1.807, 2.05) is 11.8 Å². The molecule has 1 aromatic rings. The molecule has 1 amide bonds. The third kappa shape index (κ3) is 2.15. The Morgan fingerprint density at radius 3 is 2.88 bits per heavy atom. The lowest BCUT2D eigenvalue weighted by atomic mass is 9.89. The average molecular weight is 236 g/mol. The fraction of sp³-hybridized carbons (Fsp3) is 0.545. The van der Waals surface area contributed by atoms with Crippen LogP contribution in [-0.4, -0.2) is 29.0 Å². The minimum Gasteiger partial charge on any atom is -0.369 e. The number of anilines is 1. The van der Waals surface area contributed by atoms with Crippen molar-refractivity contribution < 1.29 is 4.79 Å². The Kier molecular flexibility index (Phi) is 2.65. The second-order valence-electron chi connectivity index (χ2n) is 4.79. The Morgan fingerprint density at radius 2 is 2.35 bits per heavy atom. The van der Waals surface area contributed by atoms with Gasteiger partial charge in [0, 0.05) is 19.2 Å². The number of nitrogens with one attached hydrogen (secondary N) is 1. The molecule has 6 nitrogen and oxygen atoms in total. The number of hydrogen-bond donors (Lipinski definition) is 2. The number of carbonyl (C=O) groups excluding carboxylic acids is 1.